The number of hydrogen-bond acceptors (Lipinski definition) is 2. The molecule has 2 aliphatic carbocycles. The molecule has 3 heteroatoms. The minimum Gasteiger partial charge on any atom is -0.326 e. The third-order valence-corrected chi connectivity index (χ3v) is 4.51. The molecule has 0 heterocycles. The van der Waals surface area contributed by atoms with Crippen molar-refractivity contribution in [2.24, 2.45) is 11.3 Å². The predicted molar refractivity (Wildman–Crippen MR) is 78.9 cm³/mol. The van der Waals surface area contributed by atoms with Gasteiger partial charge in [0, 0.05) is 22.6 Å². The van der Waals surface area contributed by atoms with Gasteiger partial charge in [-0.25, -0.2) is 0 Å². The van der Waals surface area contributed by atoms with Crippen molar-refractivity contribution in [2.75, 3.05) is 5.32 Å². The van der Waals surface area contributed by atoms with Crippen LogP contribution in [0.4, 0.5) is 5.69 Å². The first-order valence-corrected chi connectivity index (χ1v) is 7.37. The molecule has 1 saturated carbocycles. The summed E-state index contributed by atoms with van der Waals surface area (Å²) in [5.41, 5.74) is 2.31. The lowest BCUT2D eigenvalue weighted by Crippen LogP contribution is -2.27. The molecule has 1 fully saturated rings. The van der Waals surface area contributed by atoms with Gasteiger partial charge >= 0.3 is 0 Å². The zero-order valence-electron chi connectivity index (χ0n) is 12.3. The lowest BCUT2D eigenvalue weighted by molar-refractivity contribution is -0.123. The fourth-order valence-electron chi connectivity index (χ4n) is 3.34. The van der Waals surface area contributed by atoms with E-state index in [9.17, 15) is 9.59 Å². The molecule has 0 spiro atoms. The first-order valence-electron chi connectivity index (χ1n) is 7.37. The molecule has 1 N–H and O–H groups in total. The molecule has 2 atom stereocenters. The number of nitrogens with one attached hydrogen (secondary N) is 1. The van der Waals surface area contributed by atoms with Crippen LogP contribution in [0.1, 0.15) is 61.9 Å². The number of Topliss-reactive ketones (excluding diaryl/α,β-unsaturated/α-hetero) is 1. The maximum absolute atomic E-state index is 12.4. The summed E-state index contributed by atoms with van der Waals surface area (Å²) in [6.45, 7) is 5.64. The Balaban J connectivity index is 1.88. The maximum atomic E-state index is 12.4. The van der Waals surface area contributed by atoms with Crippen LogP contribution in [0.3, 0.4) is 0 Å². The van der Waals surface area contributed by atoms with E-state index >= 15 is 0 Å². The second-order valence-corrected chi connectivity index (χ2v) is 7.01. The van der Waals surface area contributed by atoms with Crippen molar-refractivity contribution in [3.8, 4) is 0 Å². The number of ketones is 1. The summed E-state index contributed by atoms with van der Waals surface area (Å²) in [4.78, 5) is 24.4. The summed E-state index contributed by atoms with van der Waals surface area (Å²) >= 11 is 0. The number of fused-ring (bicyclic) bond motifs is 3. The summed E-state index contributed by atoms with van der Waals surface area (Å²) in [5, 5.41) is 2.91. The Morgan fingerprint density at radius 1 is 1.20 bits per heavy atom. The number of carbonyl (C=O) groups is 2. The first kappa shape index (κ1) is 13.3. The fraction of sp³-hybridized carbons (Fsp3) is 0.529. The maximum Gasteiger partial charge on any atom is 0.229 e. The van der Waals surface area contributed by atoms with Gasteiger partial charge in [-0.3, -0.25) is 9.59 Å². The van der Waals surface area contributed by atoms with Crippen LogP contribution in [0.25, 0.3) is 0 Å². The molecule has 106 valence electrons. The molecular weight excluding hydrogens is 250 g/mol. The van der Waals surface area contributed by atoms with Crippen molar-refractivity contribution in [2.45, 2.75) is 46.0 Å². The van der Waals surface area contributed by atoms with E-state index in [4.69, 9.17) is 0 Å². The normalized spacial score (nSPS) is 24.4. The summed E-state index contributed by atoms with van der Waals surface area (Å²) in [7, 11) is 0. The smallest absolute Gasteiger partial charge is 0.229 e. The van der Waals surface area contributed by atoms with Gasteiger partial charge < -0.3 is 5.32 Å². The van der Waals surface area contributed by atoms with Gasteiger partial charge in [-0.2, -0.15) is 0 Å². The van der Waals surface area contributed by atoms with Crippen LogP contribution in [-0.2, 0) is 4.79 Å². The van der Waals surface area contributed by atoms with E-state index in [1.165, 1.54) is 5.56 Å². The van der Waals surface area contributed by atoms with Crippen molar-refractivity contribution in [1.82, 2.24) is 0 Å². The highest BCUT2D eigenvalue weighted by molar-refractivity contribution is 6.05. The van der Waals surface area contributed by atoms with E-state index in [1.54, 1.807) is 0 Å². The molecular formula is C17H21NO2. The van der Waals surface area contributed by atoms with Gasteiger partial charge in [0.15, 0.2) is 5.78 Å². The number of carbonyl (C=O) groups excluding carboxylic acids is 2. The van der Waals surface area contributed by atoms with Crippen LogP contribution >= 0.6 is 0 Å². The Kier molecular flexibility index (Phi) is 2.96. The van der Waals surface area contributed by atoms with Crippen LogP contribution < -0.4 is 5.32 Å². The van der Waals surface area contributed by atoms with Crippen LogP contribution in [0, 0.1) is 11.3 Å². The second-order valence-electron chi connectivity index (χ2n) is 7.01. The van der Waals surface area contributed by atoms with Crippen molar-refractivity contribution >= 4 is 17.4 Å². The quantitative estimate of drug-likeness (QED) is 0.845. The second kappa shape index (κ2) is 4.44. The average Bonchev–Trinajstić information content (AvgIpc) is 2.93. The zero-order valence-corrected chi connectivity index (χ0v) is 12.3. The van der Waals surface area contributed by atoms with Crippen molar-refractivity contribution < 1.29 is 9.59 Å². The topological polar surface area (TPSA) is 46.2 Å². The van der Waals surface area contributed by atoms with Crippen LogP contribution in [-0.4, -0.2) is 11.7 Å². The molecule has 3 nitrogen and oxygen atoms in total. The highest BCUT2D eigenvalue weighted by Gasteiger charge is 2.42. The minimum absolute atomic E-state index is 0.0249. The van der Waals surface area contributed by atoms with Crippen molar-refractivity contribution in [3.05, 3.63) is 29.3 Å². The summed E-state index contributed by atoms with van der Waals surface area (Å²) in [6, 6.07) is 5.82. The monoisotopic (exact) mass is 271 g/mol. The highest BCUT2D eigenvalue weighted by atomic mass is 16.2. The number of rotatable bonds is 1. The van der Waals surface area contributed by atoms with Gasteiger partial charge in [-0.15, -0.1) is 0 Å². The molecule has 2 unspecified atom stereocenters. The van der Waals surface area contributed by atoms with E-state index in [-0.39, 0.29) is 17.6 Å². The van der Waals surface area contributed by atoms with E-state index in [1.807, 2.05) is 39.0 Å². The Bertz CT molecular complexity index is 583. The van der Waals surface area contributed by atoms with E-state index < -0.39 is 5.41 Å². The molecule has 1 amide bonds. The minimum atomic E-state index is -0.431. The number of hydrogen-bond donors (Lipinski definition) is 1. The van der Waals surface area contributed by atoms with Gasteiger partial charge in [-0.05, 0) is 36.5 Å². The highest BCUT2D eigenvalue weighted by Crippen LogP contribution is 2.48. The average molecular weight is 271 g/mol. The van der Waals surface area contributed by atoms with E-state index in [0.717, 1.165) is 30.5 Å². The Morgan fingerprint density at radius 3 is 2.60 bits per heavy atom. The lowest BCUT2D eigenvalue weighted by atomic mass is 9.95. The Labute approximate surface area is 119 Å². The van der Waals surface area contributed by atoms with Crippen LogP contribution in [0.5, 0.6) is 0 Å². The molecule has 0 aromatic heterocycles. The Hall–Kier alpha value is -1.64. The summed E-state index contributed by atoms with van der Waals surface area (Å²) in [6.07, 6.45) is 3.29. The standard InChI is InChI=1S/C17H21NO2/c1-17(2,3)16(20)18-10-7-8-12-11-5-4-6-13(11)15(19)14(12)9-10/h7-9,11,13H,4-6H2,1-3H3,(H,18,20). The molecule has 0 bridgehead atoms. The third kappa shape index (κ3) is 2.05. The number of benzene rings is 1. The van der Waals surface area contributed by atoms with Crippen LogP contribution in [0.15, 0.2) is 18.2 Å². The van der Waals surface area contributed by atoms with Gasteiger partial charge in [0.2, 0.25) is 5.91 Å². The Morgan fingerprint density at radius 2 is 1.90 bits per heavy atom. The van der Waals surface area contributed by atoms with Gasteiger partial charge in [0.25, 0.3) is 0 Å². The van der Waals surface area contributed by atoms with Gasteiger partial charge in [0.05, 0.1) is 0 Å². The lowest BCUT2D eigenvalue weighted by Gasteiger charge is -2.18. The molecule has 20 heavy (non-hydrogen) atoms. The summed E-state index contributed by atoms with van der Waals surface area (Å²) in [5.74, 6) is 0.862. The fourth-order valence-corrected chi connectivity index (χ4v) is 3.34. The molecule has 0 saturated heterocycles. The zero-order chi connectivity index (χ0) is 14.5. The number of amides is 1. The number of anilines is 1. The van der Waals surface area contributed by atoms with Gasteiger partial charge in [0.1, 0.15) is 0 Å². The molecule has 2 aliphatic rings. The van der Waals surface area contributed by atoms with E-state index in [0.29, 0.717) is 5.92 Å². The third-order valence-electron chi connectivity index (χ3n) is 4.51. The predicted octanol–water partition coefficient (Wildman–Crippen LogP) is 3.75. The van der Waals surface area contributed by atoms with Gasteiger partial charge in [-0.1, -0.05) is 33.3 Å². The molecule has 1 aromatic rings. The SMILES string of the molecule is CC(C)(C)C(=O)Nc1ccc2c(c1)C(=O)C1CCCC21. The largest absolute Gasteiger partial charge is 0.326 e. The molecule has 0 aliphatic heterocycles. The van der Waals surface area contributed by atoms with Crippen molar-refractivity contribution in [1.29, 1.82) is 0 Å². The molecule has 1 aromatic carbocycles. The van der Waals surface area contributed by atoms with E-state index in [2.05, 4.69) is 5.32 Å². The first-order chi connectivity index (χ1) is 9.38. The van der Waals surface area contributed by atoms with Crippen LogP contribution in [0.2, 0.25) is 0 Å². The summed E-state index contributed by atoms with van der Waals surface area (Å²) < 4.78 is 0. The molecule has 0 radical (unpaired) electrons. The molecule has 3 rings (SSSR count). The van der Waals surface area contributed by atoms with Crippen molar-refractivity contribution in [3.63, 3.8) is 0 Å².